The Labute approximate surface area is 241 Å². The third kappa shape index (κ3) is 6.53. The molecule has 208 valence electrons. The van der Waals surface area contributed by atoms with Crippen molar-refractivity contribution in [2.24, 2.45) is 0 Å². The summed E-state index contributed by atoms with van der Waals surface area (Å²) in [6.07, 6.45) is 0. The molecule has 4 aromatic carbocycles. The zero-order valence-corrected chi connectivity index (χ0v) is 23.3. The fourth-order valence-corrected chi connectivity index (χ4v) is 4.66. The van der Waals surface area contributed by atoms with Crippen molar-refractivity contribution in [3.8, 4) is 0 Å². The first-order valence-electron chi connectivity index (χ1n) is 12.9. The second kappa shape index (κ2) is 12.2. The summed E-state index contributed by atoms with van der Waals surface area (Å²) in [5, 5.41) is 11.8. The minimum Gasteiger partial charge on any atom is -0.378 e. The van der Waals surface area contributed by atoms with Gasteiger partial charge in [0.2, 0.25) is 5.91 Å². The van der Waals surface area contributed by atoms with Gasteiger partial charge in [-0.05, 0) is 71.8 Å². The van der Waals surface area contributed by atoms with E-state index in [1.165, 1.54) is 21.7 Å². The molecule has 0 radical (unpaired) electrons. The van der Waals surface area contributed by atoms with Crippen molar-refractivity contribution in [1.29, 1.82) is 0 Å². The van der Waals surface area contributed by atoms with Crippen molar-refractivity contribution < 1.29 is 14.0 Å². The number of halogens is 2. The molecule has 5 rings (SSSR count). The maximum atomic E-state index is 14.0. The third-order valence-electron chi connectivity index (χ3n) is 6.69. The number of amides is 2. The predicted octanol–water partition coefficient (Wildman–Crippen LogP) is 5.70. The first-order valence-corrected chi connectivity index (χ1v) is 13.3. The van der Waals surface area contributed by atoms with E-state index < -0.39 is 17.8 Å². The van der Waals surface area contributed by atoms with E-state index in [0.29, 0.717) is 32.9 Å². The number of para-hydroxylation sites is 1. The van der Waals surface area contributed by atoms with Gasteiger partial charge in [0.1, 0.15) is 23.9 Å². The van der Waals surface area contributed by atoms with Gasteiger partial charge in [-0.15, -0.1) is 5.10 Å². The van der Waals surface area contributed by atoms with Crippen LogP contribution in [0.25, 0.3) is 11.0 Å². The number of anilines is 2. The standard InChI is InChI=1S/C31H28ClFN6O2/c1-37(2)26-17-15-25(16-18-26)34-31(41)30(22-9-11-23(32)12-10-22)38(19-21-7-13-24(33)14-8-21)29(40)20-39-28-6-4-3-5-27(28)35-36-39/h3-18,30H,19-20H2,1-2H3,(H,34,41). The summed E-state index contributed by atoms with van der Waals surface area (Å²) in [5.41, 5.74) is 4.12. The third-order valence-corrected chi connectivity index (χ3v) is 6.94. The lowest BCUT2D eigenvalue weighted by Gasteiger charge is -2.32. The molecule has 2 amide bonds. The Kier molecular flexibility index (Phi) is 8.26. The molecule has 1 N–H and O–H groups in total. The zero-order valence-electron chi connectivity index (χ0n) is 22.5. The average Bonchev–Trinajstić information content (AvgIpc) is 3.37. The number of benzene rings is 4. The largest absolute Gasteiger partial charge is 0.378 e. The molecule has 0 saturated heterocycles. The van der Waals surface area contributed by atoms with E-state index in [4.69, 9.17) is 11.6 Å². The Bertz CT molecular complexity index is 1650. The van der Waals surface area contributed by atoms with Crippen LogP contribution in [0.2, 0.25) is 5.02 Å². The molecule has 1 atom stereocenters. The number of carbonyl (C=O) groups excluding carboxylic acids is 2. The van der Waals surface area contributed by atoms with Crippen LogP contribution in [0.1, 0.15) is 17.2 Å². The van der Waals surface area contributed by atoms with Crippen molar-refractivity contribution in [3.05, 3.63) is 119 Å². The smallest absolute Gasteiger partial charge is 0.251 e. The highest BCUT2D eigenvalue weighted by atomic mass is 35.5. The number of hydrogen-bond acceptors (Lipinski definition) is 5. The van der Waals surface area contributed by atoms with Crippen molar-refractivity contribution >= 4 is 45.8 Å². The Morgan fingerprint density at radius 1 is 0.927 bits per heavy atom. The highest BCUT2D eigenvalue weighted by molar-refractivity contribution is 6.30. The number of hydrogen-bond donors (Lipinski definition) is 1. The monoisotopic (exact) mass is 570 g/mol. The Morgan fingerprint density at radius 3 is 2.29 bits per heavy atom. The number of rotatable bonds is 9. The van der Waals surface area contributed by atoms with Gasteiger partial charge in [0.05, 0.1) is 5.52 Å². The molecule has 0 aliphatic heterocycles. The van der Waals surface area contributed by atoms with E-state index >= 15 is 0 Å². The topological polar surface area (TPSA) is 83.4 Å². The van der Waals surface area contributed by atoms with Crippen LogP contribution in [0.15, 0.2) is 97.1 Å². The maximum Gasteiger partial charge on any atom is 0.251 e. The second-order valence-corrected chi connectivity index (χ2v) is 10.2. The van der Waals surface area contributed by atoms with E-state index in [2.05, 4.69) is 15.6 Å². The van der Waals surface area contributed by atoms with Crippen LogP contribution >= 0.6 is 11.6 Å². The van der Waals surface area contributed by atoms with Crippen LogP contribution in [-0.2, 0) is 22.7 Å². The van der Waals surface area contributed by atoms with Crippen LogP contribution in [0, 0.1) is 5.82 Å². The van der Waals surface area contributed by atoms with Gasteiger partial charge in [0, 0.05) is 37.0 Å². The van der Waals surface area contributed by atoms with E-state index in [1.807, 2.05) is 55.4 Å². The van der Waals surface area contributed by atoms with Crippen molar-refractivity contribution in [2.45, 2.75) is 19.1 Å². The van der Waals surface area contributed by atoms with Crippen LogP contribution in [0.4, 0.5) is 15.8 Å². The minimum atomic E-state index is -1.03. The summed E-state index contributed by atoms with van der Waals surface area (Å²) in [6, 6.07) is 26.3. The van der Waals surface area contributed by atoms with Crippen LogP contribution in [0.5, 0.6) is 0 Å². The summed E-state index contributed by atoms with van der Waals surface area (Å²) in [6.45, 7) is -0.108. The second-order valence-electron chi connectivity index (χ2n) is 9.77. The van der Waals surface area contributed by atoms with Gasteiger partial charge in [-0.1, -0.05) is 53.2 Å². The van der Waals surface area contributed by atoms with Crippen LogP contribution < -0.4 is 10.2 Å². The normalized spacial score (nSPS) is 11.7. The Balaban J connectivity index is 1.53. The van der Waals surface area contributed by atoms with E-state index in [0.717, 1.165) is 5.69 Å². The van der Waals surface area contributed by atoms with Gasteiger partial charge in [-0.2, -0.15) is 0 Å². The van der Waals surface area contributed by atoms with Gasteiger partial charge < -0.3 is 15.1 Å². The van der Waals surface area contributed by atoms with Crippen LogP contribution in [-0.4, -0.2) is 45.8 Å². The number of carbonyl (C=O) groups is 2. The van der Waals surface area contributed by atoms with Gasteiger partial charge in [-0.25, -0.2) is 9.07 Å². The maximum absolute atomic E-state index is 14.0. The van der Waals surface area contributed by atoms with E-state index in [1.54, 1.807) is 48.5 Å². The quantitative estimate of drug-likeness (QED) is 0.246. The molecule has 5 aromatic rings. The summed E-state index contributed by atoms with van der Waals surface area (Å²) < 4.78 is 15.2. The molecule has 0 fully saturated rings. The van der Waals surface area contributed by atoms with Gasteiger partial charge in [-0.3, -0.25) is 9.59 Å². The lowest BCUT2D eigenvalue weighted by atomic mass is 10.0. The molecule has 0 spiro atoms. The highest BCUT2D eigenvalue weighted by Crippen LogP contribution is 2.28. The fourth-order valence-electron chi connectivity index (χ4n) is 4.53. The van der Waals surface area contributed by atoms with E-state index in [-0.39, 0.29) is 19.0 Å². The molecule has 41 heavy (non-hydrogen) atoms. The molecule has 1 unspecified atom stereocenters. The molecule has 0 bridgehead atoms. The van der Waals surface area contributed by atoms with Gasteiger partial charge in [0.15, 0.2) is 0 Å². The Hall–Kier alpha value is -4.76. The predicted molar refractivity (Wildman–Crippen MR) is 158 cm³/mol. The van der Waals surface area contributed by atoms with Crippen LogP contribution in [0.3, 0.4) is 0 Å². The molecular weight excluding hydrogens is 543 g/mol. The van der Waals surface area contributed by atoms with E-state index in [9.17, 15) is 14.0 Å². The minimum absolute atomic E-state index is 0.0476. The molecule has 0 saturated carbocycles. The fraction of sp³-hybridized carbons (Fsp3) is 0.161. The molecule has 0 aliphatic rings. The first kappa shape index (κ1) is 27.8. The van der Waals surface area contributed by atoms with Crippen molar-refractivity contribution in [2.75, 3.05) is 24.3 Å². The van der Waals surface area contributed by atoms with Crippen molar-refractivity contribution in [1.82, 2.24) is 19.9 Å². The molecule has 1 aromatic heterocycles. The number of aromatic nitrogens is 3. The average molecular weight is 571 g/mol. The van der Waals surface area contributed by atoms with Crippen molar-refractivity contribution in [3.63, 3.8) is 0 Å². The highest BCUT2D eigenvalue weighted by Gasteiger charge is 2.32. The van der Waals surface area contributed by atoms with Gasteiger partial charge >= 0.3 is 0 Å². The summed E-state index contributed by atoms with van der Waals surface area (Å²) >= 11 is 6.16. The number of nitrogens with zero attached hydrogens (tertiary/aromatic N) is 5. The summed E-state index contributed by atoms with van der Waals surface area (Å²) in [4.78, 5) is 31.4. The molecule has 8 nitrogen and oxygen atoms in total. The number of nitrogens with one attached hydrogen (secondary N) is 1. The first-order chi connectivity index (χ1) is 19.8. The molecular formula is C31H28ClFN6O2. The lowest BCUT2D eigenvalue weighted by molar-refractivity contribution is -0.140. The SMILES string of the molecule is CN(C)c1ccc(NC(=O)C(c2ccc(Cl)cc2)N(Cc2ccc(F)cc2)C(=O)Cn2nnc3ccccc32)cc1. The summed E-state index contributed by atoms with van der Waals surface area (Å²) in [5.74, 6) is -1.18. The molecule has 0 aliphatic carbocycles. The zero-order chi connectivity index (χ0) is 28.9. The summed E-state index contributed by atoms with van der Waals surface area (Å²) in [7, 11) is 3.86. The van der Waals surface area contributed by atoms with Gasteiger partial charge in [0.25, 0.3) is 5.91 Å². The number of fused-ring (bicyclic) bond motifs is 1. The Morgan fingerprint density at radius 2 is 1.61 bits per heavy atom. The molecule has 1 heterocycles. The lowest BCUT2D eigenvalue weighted by Crippen LogP contribution is -2.42. The molecule has 10 heteroatoms.